The fourth-order valence-electron chi connectivity index (χ4n) is 3.18. The lowest BCUT2D eigenvalue weighted by atomic mass is 10.1. The molecule has 0 fully saturated rings. The van der Waals surface area contributed by atoms with Gasteiger partial charge in [0.15, 0.2) is 16.6 Å². The summed E-state index contributed by atoms with van der Waals surface area (Å²) in [6.07, 6.45) is 3.16. The average Bonchev–Trinajstić information content (AvgIpc) is 2.89. The Morgan fingerprint density at radius 2 is 1.14 bits per heavy atom. The first kappa shape index (κ1) is 41.5. The van der Waals surface area contributed by atoms with Crippen LogP contribution in [0.4, 0.5) is 8.78 Å². The monoisotopic (exact) mass is 655 g/mol. The molecule has 0 saturated heterocycles. The molecule has 0 aliphatic rings. The zero-order chi connectivity index (χ0) is 33.1. The Kier molecular flexibility index (Phi) is 16.8. The summed E-state index contributed by atoms with van der Waals surface area (Å²) in [4.78, 5) is 11.8. The lowest BCUT2D eigenvalue weighted by Gasteiger charge is -2.36. The van der Waals surface area contributed by atoms with E-state index < -0.39 is 22.6 Å². The molecule has 44 heavy (non-hydrogen) atoms. The first-order valence-corrected chi connectivity index (χ1v) is 20.5. The van der Waals surface area contributed by atoms with E-state index in [0.717, 1.165) is 16.7 Å². The minimum atomic E-state index is -1.95. The number of hydrogen-bond donors (Lipinski definition) is 1. The molecule has 5 nitrogen and oxygen atoms in total. The van der Waals surface area contributed by atoms with Crippen molar-refractivity contribution < 1.29 is 38.4 Å². The number of hydrogen-bond acceptors (Lipinski definition) is 5. The SMILES string of the molecule is CC(C)(C)[Si](C)(C)OC/C(=C\CO)c1ccc(F)cc1.CCOC(=O)/C=C(\CO[Si](C)(C)C(C)(C)C)c1ccc(F)cc1.[2H-].[F-]. The molecule has 2 rings (SSSR count). The van der Waals surface area contributed by atoms with Crippen molar-refractivity contribution in [3.05, 3.63) is 83.4 Å². The number of carbonyl (C=O) groups is 1. The van der Waals surface area contributed by atoms with Crippen LogP contribution in [0.15, 0.2) is 60.7 Å². The second-order valence-electron chi connectivity index (χ2n) is 13.4. The smallest absolute Gasteiger partial charge is 0.331 e. The minimum absolute atomic E-state index is 0. The molecule has 250 valence electrons. The molecule has 0 amide bonds. The molecule has 0 heterocycles. The van der Waals surface area contributed by atoms with Gasteiger partial charge in [-0.25, -0.2) is 13.6 Å². The van der Waals surface area contributed by atoms with E-state index in [1.54, 1.807) is 37.3 Å². The van der Waals surface area contributed by atoms with Crippen LogP contribution in [0.2, 0.25) is 36.3 Å². The Bertz CT molecular complexity index is 1220. The summed E-state index contributed by atoms with van der Waals surface area (Å²) in [5, 5.41) is 9.36. The molecule has 0 aliphatic carbocycles. The zero-order valence-electron chi connectivity index (χ0n) is 29.3. The summed E-state index contributed by atoms with van der Waals surface area (Å²) >= 11 is 0. The summed E-state index contributed by atoms with van der Waals surface area (Å²) < 4.78 is 43.4. The number of carbonyl (C=O) groups excluding carboxylic acids is 1. The maximum absolute atomic E-state index is 13.1. The van der Waals surface area contributed by atoms with E-state index in [1.165, 1.54) is 30.3 Å². The molecule has 0 bridgehead atoms. The van der Waals surface area contributed by atoms with Crippen molar-refractivity contribution in [2.24, 2.45) is 0 Å². The van der Waals surface area contributed by atoms with Crippen LogP contribution in [-0.2, 0) is 18.4 Å². The topological polar surface area (TPSA) is 65.0 Å². The number of benzene rings is 2. The van der Waals surface area contributed by atoms with E-state index in [0.29, 0.717) is 25.4 Å². The first-order valence-electron chi connectivity index (χ1n) is 14.7. The number of aliphatic hydroxyl groups excluding tert-OH is 1. The van der Waals surface area contributed by atoms with Crippen molar-refractivity contribution in [2.75, 3.05) is 26.4 Å². The molecule has 1 N–H and O–H groups in total. The molecule has 0 aliphatic heterocycles. The van der Waals surface area contributed by atoms with Crippen LogP contribution in [0.5, 0.6) is 0 Å². The first-order chi connectivity index (χ1) is 19.7. The fourth-order valence-corrected chi connectivity index (χ4v) is 5.08. The van der Waals surface area contributed by atoms with Crippen LogP contribution in [0, 0.1) is 11.6 Å². The van der Waals surface area contributed by atoms with Crippen molar-refractivity contribution >= 4 is 33.8 Å². The maximum atomic E-state index is 13.1. The van der Waals surface area contributed by atoms with Gasteiger partial charge in [0.25, 0.3) is 0 Å². The van der Waals surface area contributed by atoms with E-state index in [-0.39, 0.29) is 34.4 Å². The van der Waals surface area contributed by atoms with Crippen LogP contribution >= 0.6 is 0 Å². The highest BCUT2D eigenvalue weighted by atomic mass is 28.4. The van der Waals surface area contributed by atoms with Crippen molar-refractivity contribution in [1.29, 1.82) is 0 Å². The third-order valence-corrected chi connectivity index (χ3v) is 17.1. The fraction of sp³-hybridized carbons (Fsp3) is 0.500. The third-order valence-electron chi connectivity index (χ3n) is 8.14. The standard InChI is InChI=1S/C18H27FO3Si.C16H25FO2Si.FH.H/c1-7-21-17(20)12-15(14-8-10-16(19)11-9-14)13-22-23(5,6)18(2,3)4;1-16(2,3)20(4,5)19-12-14(10-11-18)13-6-8-15(17)9-7-13;;/h8-12H,7,13H2,1-6H3;6-10,18H,11-12H2,1-5H3;1H;/q;;;-1/p-1/b15-12+;14-10+;;/i;;;1+1. The van der Waals surface area contributed by atoms with Gasteiger partial charge in [0.2, 0.25) is 0 Å². The lowest BCUT2D eigenvalue weighted by Crippen LogP contribution is -3.00. The van der Waals surface area contributed by atoms with Crippen LogP contribution in [0.3, 0.4) is 0 Å². The van der Waals surface area contributed by atoms with E-state index in [9.17, 15) is 13.6 Å². The summed E-state index contributed by atoms with van der Waals surface area (Å²) in [7, 11) is -3.79. The lowest BCUT2D eigenvalue weighted by molar-refractivity contribution is -0.137. The normalized spacial score (nSPS) is 13.0. The van der Waals surface area contributed by atoms with Gasteiger partial charge in [-0.15, -0.1) is 0 Å². The molecule has 0 spiro atoms. The number of esters is 1. The Morgan fingerprint density at radius 1 is 0.773 bits per heavy atom. The quantitative estimate of drug-likeness (QED) is 0.179. The molecular formula is C34H53F3O5Si2-2. The van der Waals surface area contributed by atoms with Crippen molar-refractivity contribution in [1.82, 2.24) is 0 Å². The molecule has 2 aromatic carbocycles. The van der Waals surface area contributed by atoms with Gasteiger partial charge < -0.3 is 24.8 Å². The Balaban J connectivity index is 0. The van der Waals surface area contributed by atoms with E-state index >= 15 is 0 Å². The number of rotatable bonds is 11. The molecule has 0 saturated carbocycles. The van der Waals surface area contributed by atoms with Gasteiger partial charge in [-0.05, 0) is 89.7 Å². The summed E-state index contributed by atoms with van der Waals surface area (Å²) in [5.41, 5.74) is 3.25. The Labute approximate surface area is 266 Å². The Hall–Kier alpha value is -2.51. The maximum Gasteiger partial charge on any atom is 0.331 e. The molecule has 0 unspecified atom stereocenters. The third kappa shape index (κ3) is 13.6. The highest BCUT2D eigenvalue weighted by Crippen LogP contribution is 2.38. The van der Waals surface area contributed by atoms with Gasteiger partial charge in [-0.3, -0.25) is 0 Å². The van der Waals surface area contributed by atoms with Crippen LogP contribution < -0.4 is 4.70 Å². The van der Waals surface area contributed by atoms with Gasteiger partial charge in [-0.1, -0.05) is 71.9 Å². The minimum Gasteiger partial charge on any atom is -1.00 e. The predicted octanol–water partition coefficient (Wildman–Crippen LogP) is 6.13. The molecule has 0 aromatic heterocycles. The van der Waals surface area contributed by atoms with E-state index in [4.69, 9.17) is 18.7 Å². The van der Waals surface area contributed by atoms with Crippen molar-refractivity contribution in [3.63, 3.8) is 0 Å². The number of halogens is 3. The number of aliphatic hydroxyl groups is 1. The van der Waals surface area contributed by atoms with E-state index in [2.05, 4.69) is 67.7 Å². The summed E-state index contributed by atoms with van der Waals surface area (Å²) in [5.74, 6) is -0.984. The molecule has 0 radical (unpaired) electrons. The predicted molar refractivity (Wildman–Crippen MR) is 180 cm³/mol. The van der Waals surface area contributed by atoms with Crippen molar-refractivity contribution in [2.45, 2.75) is 84.7 Å². The van der Waals surface area contributed by atoms with E-state index in [1.807, 2.05) is 0 Å². The van der Waals surface area contributed by atoms with Gasteiger partial charge >= 0.3 is 5.97 Å². The van der Waals surface area contributed by atoms with Gasteiger partial charge in [0.05, 0.1) is 26.4 Å². The molecular weight excluding hydrogens is 602 g/mol. The second kappa shape index (κ2) is 17.8. The second-order valence-corrected chi connectivity index (χ2v) is 23.1. The van der Waals surface area contributed by atoms with Crippen LogP contribution in [0.1, 0.15) is 61.0 Å². The summed E-state index contributed by atoms with van der Waals surface area (Å²) in [6, 6.07) is 12.3. The Morgan fingerprint density at radius 3 is 1.48 bits per heavy atom. The summed E-state index contributed by atoms with van der Waals surface area (Å²) in [6.45, 7) is 24.5. The largest absolute Gasteiger partial charge is 1.00 e. The molecule has 2 aromatic rings. The molecule has 10 heteroatoms. The van der Waals surface area contributed by atoms with Gasteiger partial charge in [-0.2, -0.15) is 0 Å². The average molecular weight is 656 g/mol. The highest BCUT2D eigenvalue weighted by Gasteiger charge is 2.38. The number of ether oxygens (including phenoxy) is 1. The van der Waals surface area contributed by atoms with Gasteiger partial charge in [0, 0.05) is 6.08 Å². The van der Waals surface area contributed by atoms with Crippen molar-refractivity contribution in [3.8, 4) is 0 Å². The van der Waals surface area contributed by atoms with Crippen LogP contribution in [0.25, 0.3) is 11.1 Å². The zero-order valence-corrected chi connectivity index (χ0v) is 30.3. The van der Waals surface area contributed by atoms with Crippen LogP contribution in [-0.4, -0.2) is 54.1 Å². The van der Waals surface area contributed by atoms with Gasteiger partial charge in [0.1, 0.15) is 11.6 Å². The highest BCUT2D eigenvalue weighted by molar-refractivity contribution is 6.74. The molecule has 0 atom stereocenters.